The monoisotopic (exact) mass is 559 g/mol. The number of nitrogens with zero attached hydrogens (tertiary/aromatic N) is 3. The normalized spacial score (nSPS) is 16.7. The van der Waals surface area contributed by atoms with E-state index in [9.17, 15) is 4.79 Å². The molecule has 200 valence electrons. The number of pyridine rings is 1. The molecule has 1 aliphatic heterocycles. The highest BCUT2D eigenvalue weighted by Crippen LogP contribution is 2.45. The van der Waals surface area contributed by atoms with Gasteiger partial charge in [-0.1, -0.05) is 24.6 Å². The van der Waals surface area contributed by atoms with Crippen molar-refractivity contribution < 1.29 is 9.53 Å². The zero-order valence-corrected chi connectivity index (χ0v) is 23.8. The number of nitrogens with one attached hydrogen (secondary N) is 2. The van der Waals surface area contributed by atoms with Crippen molar-refractivity contribution in [2.75, 3.05) is 17.3 Å². The number of carbonyl (C=O) groups excluding carboxylic acids is 1. The van der Waals surface area contributed by atoms with Gasteiger partial charge in [0.25, 0.3) is 0 Å². The Bertz CT molecular complexity index is 1520. The standard InChI is InChI=1S/C30H30ClN5O2S/c1-5-27(37)33-24-14-13-22(17-26(24)38-4)36-29(28(34-30(36)39)25-8-6-7-15-32-25)23-16-18(2)35(19(23)3)21-11-9-20(31)10-12-21/h6-17,28-29H,5H2,1-4H3,(H,33,37)(H,34,39). The number of thiocarbonyl (C=S) groups is 1. The van der Waals surface area contributed by atoms with Crippen molar-refractivity contribution in [3.63, 3.8) is 0 Å². The molecule has 4 aromatic rings. The van der Waals surface area contributed by atoms with Crippen LogP contribution in [0, 0.1) is 13.8 Å². The van der Waals surface area contributed by atoms with E-state index in [1.54, 1.807) is 13.3 Å². The average Bonchev–Trinajstić information content (AvgIpc) is 3.44. The number of anilines is 2. The van der Waals surface area contributed by atoms with Crippen LogP contribution in [0.3, 0.4) is 0 Å². The summed E-state index contributed by atoms with van der Waals surface area (Å²) in [6, 6.07) is 21.3. The first-order valence-electron chi connectivity index (χ1n) is 12.8. The topological polar surface area (TPSA) is 71.4 Å². The third-order valence-corrected chi connectivity index (χ3v) is 7.60. The number of carbonyl (C=O) groups is 1. The number of amides is 1. The molecule has 39 heavy (non-hydrogen) atoms. The first kappa shape index (κ1) is 26.7. The molecule has 1 amide bonds. The first-order valence-corrected chi connectivity index (χ1v) is 13.5. The van der Waals surface area contributed by atoms with Crippen LogP contribution in [0.15, 0.2) is 72.9 Å². The second kappa shape index (κ2) is 11.1. The Morgan fingerprint density at radius 3 is 2.51 bits per heavy atom. The Balaban J connectivity index is 1.64. The van der Waals surface area contributed by atoms with Gasteiger partial charge in [0.2, 0.25) is 5.91 Å². The van der Waals surface area contributed by atoms with Crippen LogP contribution in [-0.2, 0) is 4.79 Å². The summed E-state index contributed by atoms with van der Waals surface area (Å²) in [6.45, 7) is 6.03. The molecule has 2 atom stereocenters. The molecular weight excluding hydrogens is 530 g/mol. The highest BCUT2D eigenvalue weighted by atomic mass is 35.5. The number of hydrogen-bond donors (Lipinski definition) is 2. The Morgan fingerprint density at radius 1 is 1.10 bits per heavy atom. The molecule has 2 aromatic heterocycles. The summed E-state index contributed by atoms with van der Waals surface area (Å²) in [5.74, 6) is 0.478. The number of aryl methyl sites for hydroxylation is 1. The van der Waals surface area contributed by atoms with E-state index in [1.807, 2.05) is 67.6 Å². The number of hydrogen-bond acceptors (Lipinski definition) is 4. The van der Waals surface area contributed by atoms with Crippen molar-refractivity contribution in [2.45, 2.75) is 39.3 Å². The predicted molar refractivity (Wildman–Crippen MR) is 160 cm³/mol. The maximum atomic E-state index is 12.1. The van der Waals surface area contributed by atoms with E-state index in [0.717, 1.165) is 34.0 Å². The van der Waals surface area contributed by atoms with Crippen LogP contribution < -0.4 is 20.3 Å². The van der Waals surface area contributed by atoms with Gasteiger partial charge in [-0.25, -0.2) is 0 Å². The Morgan fingerprint density at radius 2 is 1.85 bits per heavy atom. The fourth-order valence-electron chi connectivity index (χ4n) is 5.20. The lowest BCUT2D eigenvalue weighted by atomic mass is 9.96. The summed E-state index contributed by atoms with van der Waals surface area (Å²) in [5, 5.41) is 7.71. The van der Waals surface area contributed by atoms with E-state index in [2.05, 4.69) is 45.0 Å². The quantitative estimate of drug-likeness (QED) is 0.246. The van der Waals surface area contributed by atoms with Gasteiger partial charge in [-0.2, -0.15) is 0 Å². The van der Waals surface area contributed by atoms with Gasteiger partial charge in [0.1, 0.15) is 5.75 Å². The zero-order valence-electron chi connectivity index (χ0n) is 22.2. The second-order valence-corrected chi connectivity index (χ2v) is 10.2. The molecule has 0 aliphatic carbocycles. The van der Waals surface area contributed by atoms with E-state index >= 15 is 0 Å². The van der Waals surface area contributed by atoms with Crippen LogP contribution in [-0.4, -0.2) is 27.7 Å². The molecule has 5 rings (SSSR count). The van der Waals surface area contributed by atoms with E-state index in [0.29, 0.717) is 28.0 Å². The Kier molecular flexibility index (Phi) is 7.59. The van der Waals surface area contributed by atoms with Gasteiger partial charge < -0.3 is 24.8 Å². The Hall–Kier alpha value is -3.88. The van der Waals surface area contributed by atoms with Gasteiger partial charge in [-0.3, -0.25) is 9.78 Å². The number of methoxy groups -OCH3 is 1. The SMILES string of the molecule is CCC(=O)Nc1ccc(N2C(=S)NC(c3ccccn3)C2c2cc(C)n(-c3ccc(Cl)cc3)c2C)cc1OC. The number of rotatable bonds is 7. The summed E-state index contributed by atoms with van der Waals surface area (Å²) < 4.78 is 7.89. The molecular formula is C30H30ClN5O2S. The van der Waals surface area contributed by atoms with Gasteiger partial charge in [0.05, 0.1) is 30.6 Å². The largest absolute Gasteiger partial charge is 0.494 e. The lowest BCUT2D eigenvalue weighted by Crippen LogP contribution is -2.29. The summed E-state index contributed by atoms with van der Waals surface area (Å²) in [7, 11) is 1.59. The molecule has 2 unspecified atom stereocenters. The highest BCUT2D eigenvalue weighted by Gasteiger charge is 2.42. The molecule has 0 bridgehead atoms. The van der Waals surface area contributed by atoms with Crippen molar-refractivity contribution >= 4 is 46.2 Å². The molecule has 7 nitrogen and oxygen atoms in total. The fraction of sp³-hybridized carbons (Fsp3) is 0.233. The second-order valence-electron chi connectivity index (χ2n) is 9.42. The summed E-state index contributed by atoms with van der Waals surface area (Å²) in [4.78, 5) is 18.8. The van der Waals surface area contributed by atoms with Crippen LogP contribution in [0.5, 0.6) is 5.75 Å². The third-order valence-electron chi connectivity index (χ3n) is 7.03. The molecule has 2 aromatic carbocycles. The van der Waals surface area contributed by atoms with Gasteiger partial charge in [0.15, 0.2) is 5.11 Å². The smallest absolute Gasteiger partial charge is 0.224 e. The van der Waals surface area contributed by atoms with Crippen LogP contribution in [0.2, 0.25) is 5.02 Å². The van der Waals surface area contributed by atoms with Crippen LogP contribution in [0.25, 0.3) is 5.69 Å². The molecule has 9 heteroatoms. The molecule has 3 heterocycles. The van der Waals surface area contributed by atoms with E-state index < -0.39 is 0 Å². The predicted octanol–water partition coefficient (Wildman–Crippen LogP) is 6.68. The van der Waals surface area contributed by atoms with Crippen molar-refractivity contribution in [1.82, 2.24) is 14.9 Å². The Labute approximate surface area is 238 Å². The molecule has 0 spiro atoms. The van der Waals surface area contributed by atoms with Crippen LogP contribution in [0.1, 0.15) is 48.1 Å². The number of aromatic nitrogens is 2. The third kappa shape index (κ3) is 5.10. The number of halogens is 1. The van der Waals surface area contributed by atoms with Crippen LogP contribution in [0.4, 0.5) is 11.4 Å². The van der Waals surface area contributed by atoms with Gasteiger partial charge in [-0.15, -0.1) is 0 Å². The van der Waals surface area contributed by atoms with E-state index in [4.69, 9.17) is 28.6 Å². The van der Waals surface area contributed by atoms with Crippen molar-refractivity contribution in [1.29, 1.82) is 0 Å². The van der Waals surface area contributed by atoms with Crippen molar-refractivity contribution in [3.05, 3.63) is 101 Å². The summed E-state index contributed by atoms with van der Waals surface area (Å²) in [6.07, 6.45) is 2.17. The zero-order chi connectivity index (χ0) is 27.7. The number of benzene rings is 2. The lowest BCUT2D eigenvalue weighted by Gasteiger charge is -2.29. The molecule has 1 aliphatic rings. The van der Waals surface area contributed by atoms with Gasteiger partial charge in [-0.05, 0) is 86.2 Å². The fourth-order valence-corrected chi connectivity index (χ4v) is 5.67. The minimum absolute atomic E-state index is 0.0814. The van der Waals surface area contributed by atoms with E-state index in [1.165, 1.54) is 0 Å². The van der Waals surface area contributed by atoms with Gasteiger partial charge in [0, 0.05) is 46.5 Å². The highest BCUT2D eigenvalue weighted by molar-refractivity contribution is 7.80. The minimum Gasteiger partial charge on any atom is -0.494 e. The first-order chi connectivity index (χ1) is 18.8. The lowest BCUT2D eigenvalue weighted by molar-refractivity contribution is -0.115. The molecule has 2 N–H and O–H groups in total. The van der Waals surface area contributed by atoms with Crippen LogP contribution >= 0.6 is 23.8 Å². The van der Waals surface area contributed by atoms with E-state index in [-0.39, 0.29) is 18.0 Å². The van der Waals surface area contributed by atoms with Crippen molar-refractivity contribution in [3.8, 4) is 11.4 Å². The minimum atomic E-state index is -0.194. The molecule has 1 fully saturated rings. The summed E-state index contributed by atoms with van der Waals surface area (Å²) in [5.41, 5.74) is 6.69. The number of ether oxygens (including phenoxy) is 1. The summed E-state index contributed by atoms with van der Waals surface area (Å²) >= 11 is 12.1. The molecule has 0 saturated carbocycles. The maximum Gasteiger partial charge on any atom is 0.224 e. The molecule has 1 saturated heterocycles. The van der Waals surface area contributed by atoms with Gasteiger partial charge >= 0.3 is 0 Å². The maximum absolute atomic E-state index is 12.1. The molecule has 0 radical (unpaired) electrons. The van der Waals surface area contributed by atoms with Crippen molar-refractivity contribution in [2.24, 2.45) is 0 Å². The average molecular weight is 560 g/mol.